The van der Waals surface area contributed by atoms with Crippen LogP contribution in [0.2, 0.25) is 0 Å². The molecule has 0 fully saturated rings. The molecule has 5 heteroatoms. The van der Waals surface area contributed by atoms with Gasteiger partial charge in [-0.25, -0.2) is 8.42 Å². The fourth-order valence-electron chi connectivity index (χ4n) is 2.35. The van der Waals surface area contributed by atoms with Crippen LogP contribution in [-0.2, 0) is 9.84 Å². The maximum absolute atomic E-state index is 11.3. The van der Waals surface area contributed by atoms with Crippen LogP contribution in [0, 0.1) is 6.92 Å². The van der Waals surface area contributed by atoms with E-state index in [4.69, 9.17) is 5.73 Å². The quantitative estimate of drug-likeness (QED) is 0.833. The summed E-state index contributed by atoms with van der Waals surface area (Å²) in [6.45, 7) is 4.59. The van der Waals surface area contributed by atoms with Crippen molar-refractivity contribution in [1.29, 1.82) is 0 Å². The molecule has 0 aliphatic carbocycles. The van der Waals surface area contributed by atoms with Gasteiger partial charge in [-0.2, -0.15) is 0 Å². The molecule has 114 valence electrons. The van der Waals surface area contributed by atoms with Crippen LogP contribution in [0.1, 0.15) is 30.5 Å². The highest BCUT2D eigenvalue weighted by Gasteiger charge is 2.23. The molecule has 2 N–H and O–H groups in total. The van der Waals surface area contributed by atoms with Crippen LogP contribution < -0.4 is 5.73 Å². The summed E-state index contributed by atoms with van der Waals surface area (Å²) < 4.78 is 22.7. The van der Waals surface area contributed by atoms with Crippen LogP contribution in [0.15, 0.2) is 24.3 Å². The minimum absolute atomic E-state index is 0.0126. The van der Waals surface area contributed by atoms with Gasteiger partial charge in [0.25, 0.3) is 0 Å². The topological polar surface area (TPSA) is 63.4 Å². The summed E-state index contributed by atoms with van der Waals surface area (Å²) in [5, 5.41) is 0. The monoisotopic (exact) mass is 298 g/mol. The van der Waals surface area contributed by atoms with Crippen molar-refractivity contribution in [3.05, 3.63) is 35.4 Å². The highest BCUT2D eigenvalue weighted by molar-refractivity contribution is 7.90. The van der Waals surface area contributed by atoms with Gasteiger partial charge in [0.05, 0.1) is 5.75 Å². The smallest absolute Gasteiger partial charge is 0.148 e. The van der Waals surface area contributed by atoms with E-state index >= 15 is 0 Å². The van der Waals surface area contributed by atoms with Crippen molar-refractivity contribution < 1.29 is 8.42 Å². The van der Waals surface area contributed by atoms with Crippen LogP contribution in [0.25, 0.3) is 0 Å². The normalized spacial score (nSPS) is 15.3. The Morgan fingerprint density at radius 1 is 1.35 bits per heavy atom. The highest BCUT2D eigenvalue weighted by atomic mass is 32.2. The summed E-state index contributed by atoms with van der Waals surface area (Å²) in [7, 11) is -1.02. The van der Waals surface area contributed by atoms with Crippen LogP contribution in [0.4, 0.5) is 0 Å². The number of aryl methyl sites for hydroxylation is 1. The van der Waals surface area contributed by atoms with Crippen molar-refractivity contribution in [3.63, 3.8) is 0 Å². The van der Waals surface area contributed by atoms with Gasteiger partial charge < -0.3 is 5.73 Å². The lowest BCUT2D eigenvalue weighted by molar-refractivity contribution is 0.220. The van der Waals surface area contributed by atoms with Gasteiger partial charge in [0.2, 0.25) is 0 Å². The summed E-state index contributed by atoms with van der Waals surface area (Å²) in [6.07, 6.45) is 2.12. The zero-order valence-corrected chi connectivity index (χ0v) is 13.7. The number of sulfone groups is 1. The van der Waals surface area contributed by atoms with Gasteiger partial charge in [0, 0.05) is 24.9 Å². The molecule has 2 atom stereocenters. The first kappa shape index (κ1) is 17.1. The summed E-state index contributed by atoms with van der Waals surface area (Å²) in [5.74, 6) is 0.155. The highest BCUT2D eigenvalue weighted by Crippen LogP contribution is 2.24. The van der Waals surface area contributed by atoms with Gasteiger partial charge in [-0.1, -0.05) is 36.8 Å². The fraction of sp³-hybridized carbons (Fsp3) is 0.600. The molecule has 1 aromatic rings. The van der Waals surface area contributed by atoms with Crippen LogP contribution in [0.3, 0.4) is 0 Å². The molecule has 0 aliphatic heterocycles. The summed E-state index contributed by atoms with van der Waals surface area (Å²) in [5.41, 5.74) is 8.58. The van der Waals surface area contributed by atoms with Gasteiger partial charge in [0.15, 0.2) is 0 Å². The summed E-state index contributed by atoms with van der Waals surface area (Å²) in [4.78, 5) is 2.05. The van der Waals surface area contributed by atoms with E-state index < -0.39 is 9.84 Å². The van der Waals surface area contributed by atoms with Crippen LogP contribution >= 0.6 is 0 Å². The van der Waals surface area contributed by atoms with E-state index in [-0.39, 0.29) is 17.8 Å². The molecule has 0 saturated heterocycles. The number of nitrogens with two attached hydrogens (primary N) is 1. The molecule has 0 aromatic heterocycles. The predicted molar refractivity (Wildman–Crippen MR) is 84.5 cm³/mol. The largest absolute Gasteiger partial charge is 0.326 e. The van der Waals surface area contributed by atoms with Crippen LogP contribution in [0.5, 0.6) is 0 Å². The lowest BCUT2D eigenvalue weighted by Gasteiger charge is -2.32. The zero-order chi connectivity index (χ0) is 15.3. The van der Waals surface area contributed by atoms with Gasteiger partial charge in [0.1, 0.15) is 9.84 Å². The van der Waals surface area contributed by atoms with Crippen molar-refractivity contribution in [2.24, 2.45) is 5.73 Å². The Hall–Kier alpha value is -0.910. The van der Waals surface area contributed by atoms with Crippen molar-refractivity contribution in [2.75, 3.05) is 25.6 Å². The van der Waals surface area contributed by atoms with E-state index in [0.29, 0.717) is 6.54 Å². The molecule has 0 bridgehead atoms. The molecule has 1 rings (SSSR count). The van der Waals surface area contributed by atoms with E-state index in [1.807, 2.05) is 18.0 Å². The van der Waals surface area contributed by atoms with Crippen molar-refractivity contribution in [2.45, 2.75) is 32.4 Å². The lowest BCUT2D eigenvalue weighted by Crippen LogP contribution is -2.40. The number of nitrogens with zero attached hydrogens (tertiary/aromatic N) is 1. The third-order valence-corrected chi connectivity index (χ3v) is 4.47. The van der Waals surface area contributed by atoms with E-state index in [1.54, 1.807) is 0 Å². The second-order valence-electron chi connectivity index (χ2n) is 5.54. The minimum atomic E-state index is -2.96. The Labute approximate surface area is 122 Å². The molecule has 0 radical (unpaired) electrons. The average Bonchev–Trinajstić information content (AvgIpc) is 2.35. The molecule has 20 heavy (non-hydrogen) atoms. The second kappa shape index (κ2) is 7.20. The molecule has 0 spiro atoms. The van der Waals surface area contributed by atoms with Gasteiger partial charge in [-0.05, 0) is 26.0 Å². The van der Waals surface area contributed by atoms with E-state index in [9.17, 15) is 8.42 Å². The maximum Gasteiger partial charge on any atom is 0.148 e. The first-order chi connectivity index (χ1) is 9.24. The molecule has 2 unspecified atom stereocenters. The van der Waals surface area contributed by atoms with Crippen molar-refractivity contribution in [1.82, 2.24) is 4.90 Å². The van der Waals surface area contributed by atoms with Gasteiger partial charge in [-0.3, -0.25) is 4.90 Å². The first-order valence-electron chi connectivity index (χ1n) is 6.94. The van der Waals surface area contributed by atoms with Gasteiger partial charge >= 0.3 is 0 Å². The summed E-state index contributed by atoms with van der Waals surface area (Å²) in [6, 6.07) is 8.28. The summed E-state index contributed by atoms with van der Waals surface area (Å²) >= 11 is 0. The van der Waals surface area contributed by atoms with E-state index in [1.165, 1.54) is 11.8 Å². The standard InChI is InChI=1S/C15H26N2O2S/c1-5-14(16)15(13-8-6-7-12(2)11-13)17(3)9-10-20(4,18)19/h6-8,11,14-15H,5,9-10,16H2,1-4H3. The zero-order valence-electron chi connectivity index (χ0n) is 12.8. The Kier molecular flexibility index (Phi) is 6.17. The van der Waals surface area contributed by atoms with E-state index in [0.717, 1.165) is 12.0 Å². The predicted octanol–water partition coefficient (Wildman–Crippen LogP) is 1.75. The fourth-order valence-corrected chi connectivity index (χ4v) is 2.97. The molecule has 4 nitrogen and oxygen atoms in total. The molecule has 0 saturated carbocycles. The Morgan fingerprint density at radius 2 is 2.00 bits per heavy atom. The number of hydrogen-bond acceptors (Lipinski definition) is 4. The number of benzene rings is 1. The SMILES string of the molecule is CCC(N)C(c1cccc(C)c1)N(C)CCS(C)(=O)=O. The average molecular weight is 298 g/mol. The third kappa shape index (κ3) is 5.23. The third-order valence-electron chi connectivity index (χ3n) is 3.55. The minimum Gasteiger partial charge on any atom is -0.326 e. The Bertz CT molecular complexity index is 528. The number of rotatable bonds is 7. The molecule has 0 aliphatic rings. The van der Waals surface area contributed by atoms with E-state index in [2.05, 4.69) is 32.0 Å². The second-order valence-corrected chi connectivity index (χ2v) is 7.80. The lowest BCUT2D eigenvalue weighted by atomic mass is 9.95. The molecular weight excluding hydrogens is 272 g/mol. The molecule has 0 amide bonds. The maximum atomic E-state index is 11.3. The van der Waals surface area contributed by atoms with Crippen molar-refractivity contribution >= 4 is 9.84 Å². The molecule has 0 heterocycles. The van der Waals surface area contributed by atoms with Crippen LogP contribution in [-0.4, -0.2) is 45.0 Å². The molecular formula is C15H26N2O2S. The first-order valence-corrected chi connectivity index (χ1v) is 9.00. The number of likely N-dealkylation sites (N-methyl/N-ethyl adjacent to an activating group) is 1. The number of hydrogen-bond donors (Lipinski definition) is 1. The molecule has 1 aromatic carbocycles. The van der Waals surface area contributed by atoms with Crippen molar-refractivity contribution in [3.8, 4) is 0 Å². The Balaban J connectivity index is 2.95. The Morgan fingerprint density at radius 3 is 2.50 bits per heavy atom. The van der Waals surface area contributed by atoms with Gasteiger partial charge in [-0.15, -0.1) is 0 Å².